The van der Waals surface area contributed by atoms with E-state index in [9.17, 15) is 14.3 Å². The SMILES string of the molecule is CN(c1ccc(-c2cc3oc(=O)n(C)c3cc2O)nn1)[C@H]1CCC[C@H]1F. The molecule has 1 aliphatic rings. The number of phenols is 1. The normalized spacial score (nSPS) is 20.0. The minimum Gasteiger partial charge on any atom is -0.507 e. The lowest BCUT2D eigenvalue weighted by Crippen LogP contribution is -2.36. The van der Waals surface area contributed by atoms with E-state index in [0.29, 0.717) is 34.6 Å². The molecule has 136 valence electrons. The van der Waals surface area contributed by atoms with Crippen molar-refractivity contribution >= 4 is 16.9 Å². The van der Waals surface area contributed by atoms with Gasteiger partial charge in [-0.05, 0) is 37.5 Å². The van der Waals surface area contributed by atoms with Crippen LogP contribution >= 0.6 is 0 Å². The molecule has 8 heteroatoms. The number of halogens is 1. The van der Waals surface area contributed by atoms with Crippen molar-refractivity contribution in [2.45, 2.75) is 31.5 Å². The highest BCUT2D eigenvalue weighted by Gasteiger charge is 2.31. The summed E-state index contributed by atoms with van der Waals surface area (Å²) in [4.78, 5) is 13.4. The largest absolute Gasteiger partial charge is 0.507 e. The Kier molecular flexibility index (Phi) is 3.90. The molecule has 3 aromatic rings. The van der Waals surface area contributed by atoms with Crippen molar-refractivity contribution in [2.24, 2.45) is 7.05 Å². The molecule has 4 rings (SSSR count). The summed E-state index contributed by atoms with van der Waals surface area (Å²) in [6.07, 6.45) is 1.40. The number of aromatic hydroxyl groups is 1. The number of fused-ring (bicyclic) bond motifs is 1. The number of anilines is 1. The number of rotatable bonds is 3. The van der Waals surface area contributed by atoms with E-state index in [0.717, 1.165) is 12.8 Å². The smallest absolute Gasteiger partial charge is 0.419 e. The predicted octanol–water partition coefficient (Wildman–Crippen LogP) is 2.62. The Bertz CT molecular complexity index is 1010. The summed E-state index contributed by atoms with van der Waals surface area (Å²) >= 11 is 0. The van der Waals surface area contributed by atoms with Gasteiger partial charge in [-0.25, -0.2) is 9.18 Å². The van der Waals surface area contributed by atoms with Crippen LogP contribution in [0.15, 0.2) is 33.5 Å². The lowest BCUT2D eigenvalue weighted by atomic mass is 10.1. The van der Waals surface area contributed by atoms with Crippen LogP contribution in [-0.2, 0) is 7.05 Å². The molecule has 1 aromatic carbocycles. The van der Waals surface area contributed by atoms with Gasteiger partial charge in [0, 0.05) is 25.7 Å². The molecular formula is C18H19FN4O3. The summed E-state index contributed by atoms with van der Waals surface area (Å²) in [6.45, 7) is 0. The molecule has 2 aromatic heterocycles. The highest BCUT2D eigenvalue weighted by atomic mass is 19.1. The molecule has 0 radical (unpaired) electrons. The van der Waals surface area contributed by atoms with Crippen LogP contribution in [0.1, 0.15) is 19.3 Å². The number of benzene rings is 1. The maximum atomic E-state index is 13.9. The van der Waals surface area contributed by atoms with E-state index in [2.05, 4.69) is 10.2 Å². The average molecular weight is 358 g/mol. The van der Waals surface area contributed by atoms with Crippen LogP contribution in [0, 0.1) is 0 Å². The Morgan fingerprint density at radius 1 is 1.31 bits per heavy atom. The van der Waals surface area contributed by atoms with Gasteiger partial charge in [-0.2, -0.15) is 0 Å². The second kappa shape index (κ2) is 6.12. The molecule has 2 atom stereocenters. The highest BCUT2D eigenvalue weighted by Crippen LogP contribution is 2.33. The fourth-order valence-electron chi connectivity index (χ4n) is 3.53. The zero-order chi connectivity index (χ0) is 18.4. The van der Waals surface area contributed by atoms with Gasteiger partial charge in [0.05, 0.1) is 17.3 Å². The molecule has 0 aliphatic heterocycles. The summed E-state index contributed by atoms with van der Waals surface area (Å²) in [5.41, 5.74) is 1.71. The lowest BCUT2D eigenvalue weighted by molar-refractivity contribution is 0.306. The predicted molar refractivity (Wildman–Crippen MR) is 95.1 cm³/mol. The number of nitrogens with zero attached hydrogens (tertiary/aromatic N) is 4. The van der Waals surface area contributed by atoms with Crippen LogP contribution in [0.5, 0.6) is 5.75 Å². The monoisotopic (exact) mass is 358 g/mol. The maximum absolute atomic E-state index is 13.9. The second-order valence-electron chi connectivity index (χ2n) is 6.67. The first-order chi connectivity index (χ1) is 12.5. The number of alkyl halides is 1. The van der Waals surface area contributed by atoms with Crippen LogP contribution in [0.4, 0.5) is 10.2 Å². The van der Waals surface area contributed by atoms with Gasteiger partial charge >= 0.3 is 5.76 Å². The summed E-state index contributed by atoms with van der Waals surface area (Å²) in [7, 11) is 3.38. The average Bonchev–Trinajstić information content (AvgIpc) is 3.18. The molecule has 1 saturated carbocycles. The van der Waals surface area contributed by atoms with Gasteiger partial charge in [0.25, 0.3) is 0 Å². The molecule has 1 N–H and O–H groups in total. The quantitative estimate of drug-likeness (QED) is 0.775. The van der Waals surface area contributed by atoms with Gasteiger partial charge in [-0.15, -0.1) is 10.2 Å². The van der Waals surface area contributed by atoms with Crippen molar-refractivity contribution in [1.82, 2.24) is 14.8 Å². The van der Waals surface area contributed by atoms with Crippen molar-refractivity contribution < 1.29 is 13.9 Å². The van der Waals surface area contributed by atoms with Crippen LogP contribution in [0.25, 0.3) is 22.4 Å². The topological polar surface area (TPSA) is 84.4 Å². The summed E-state index contributed by atoms with van der Waals surface area (Å²) in [5.74, 6) is 0.0518. The second-order valence-corrected chi connectivity index (χ2v) is 6.67. The summed E-state index contributed by atoms with van der Waals surface area (Å²) in [5, 5.41) is 18.6. The van der Waals surface area contributed by atoms with Gasteiger partial charge in [-0.1, -0.05) is 0 Å². The maximum Gasteiger partial charge on any atom is 0.419 e. The molecule has 0 bridgehead atoms. The standard InChI is InChI=1S/C18H19FN4O3/c1-22(13-5-3-4-11(13)19)17-7-6-12(20-21-17)10-8-16-14(9-15(10)24)23(2)18(25)26-16/h6-9,11,13,24H,3-5H2,1-2H3/t11-,13+/m1/s1. The van der Waals surface area contributed by atoms with Crippen molar-refractivity contribution in [3.63, 3.8) is 0 Å². The van der Waals surface area contributed by atoms with E-state index in [1.807, 2.05) is 11.9 Å². The van der Waals surface area contributed by atoms with Crippen molar-refractivity contribution in [2.75, 3.05) is 11.9 Å². The molecule has 0 saturated heterocycles. The van der Waals surface area contributed by atoms with Gasteiger partial charge < -0.3 is 14.4 Å². The van der Waals surface area contributed by atoms with E-state index >= 15 is 0 Å². The molecule has 0 spiro atoms. The van der Waals surface area contributed by atoms with Crippen LogP contribution in [0.3, 0.4) is 0 Å². The van der Waals surface area contributed by atoms with E-state index in [-0.39, 0.29) is 11.8 Å². The lowest BCUT2D eigenvalue weighted by Gasteiger charge is -2.26. The van der Waals surface area contributed by atoms with Crippen LogP contribution < -0.4 is 10.7 Å². The first-order valence-corrected chi connectivity index (χ1v) is 8.49. The number of aryl methyl sites for hydroxylation is 1. The van der Waals surface area contributed by atoms with E-state index in [1.165, 1.54) is 10.6 Å². The van der Waals surface area contributed by atoms with Gasteiger partial charge in [-0.3, -0.25) is 4.57 Å². The van der Waals surface area contributed by atoms with Crippen molar-refractivity contribution in [1.29, 1.82) is 0 Å². The third-order valence-electron chi connectivity index (χ3n) is 5.09. The Morgan fingerprint density at radius 3 is 2.77 bits per heavy atom. The molecule has 2 heterocycles. The molecule has 1 fully saturated rings. The number of aromatic nitrogens is 3. The van der Waals surface area contributed by atoms with Crippen LogP contribution in [-0.4, -0.2) is 39.1 Å². The minimum absolute atomic E-state index is 0.0241. The fraction of sp³-hybridized carbons (Fsp3) is 0.389. The van der Waals surface area contributed by atoms with E-state index < -0.39 is 11.9 Å². The fourth-order valence-corrected chi connectivity index (χ4v) is 3.53. The third-order valence-corrected chi connectivity index (χ3v) is 5.09. The molecule has 7 nitrogen and oxygen atoms in total. The minimum atomic E-state index is -0.853. The van der Waals surface area contributed by atoms with E-state index in [1.54, 1.807) is 25.2 Å². The first kappa shape index (κ1) is 16.6. The third kappa shape index (κ3) is 2.61. The number of hydrogen-bond acceptors (Lipinski definition) is 6. The van der Waals surface area contributed by atoms with E-state index in [4.69, 9.17) is 4.42 Å². The number of phenolic OH excluding ortho intramolecular Hbond substituents is 1. The Balaban J connectivity index is 1.67. The van der Waals surface area contributed by atoms with Gasteiger partial charge in [0.2, 0.25) is 0 Å². The summed E-state index contributed by atoms with van der Waals surface area (Å²) < 4.78 is 20.4. The summed E-state index contributed by atoms with van der Waals surface area (Å²) in [6, 6.07) is 6.30. The van der Waals surface area contributed by atoms with Crippen LogP contribution in [0.2, 0.25) is 0 Å². The van der Waals surface area contributed by atoms with Gasteiger partial charge in [0.15, 0.2) is 11.4 Å². The number of oxazole rings is 1. The van der Waals surface area contributed by atoms with Gasteiger partial charge in [0.1, 0.15) is 11.9 Å². The molecule has 1 aliphatic carbocycles. The molecule has 0 amide bonds. The zero-order valence-electron chi connectivity index (χ0n) is 14.5. The highest BCUT2D eigenvalue weighted by molar-refractivity contribution is 5.83. The molecule has 26 heavy (non-hydrogen) atoms. The Hall–Kier alpha value is -2.90. The van der Waals surface area contributed by atoms with Crippen molar-refractivity contribution in [3.8, 4) is 17.0 Å². The molecule has 0 unspecified atom stereocenters. The zero-order valence-corrected chi connectivity index (χ0v) is 14.5. The Morgan fingerprint density at radius 2 is 2.12 bits per heavy atom. The Labute approximate surface area is 148 Å². The first-order valence-electron chi connectivity index (χ1n) is 8.49. The number of hydrogen-bond donors (Lipinski definition) is 1. The van der Waals surface area contributed by atoms with Crippen molar-refractivity contribution in [3.05, 3.63) is 34.8 Å². The molecular weight excluding hydrogens is 339 g/mol.